The quantitative estimate of drug-likeness (QED) is 0.314. The number of nitro groups is 1. The van der Waals surface area contributed by atoms with Crippen LogP contribution in [0.5, 0.6) is 0 Å². The first-order chi connectivity index (χ1) is 18.3. The van der Waals surface area contributed by atoms with Gasteiger partial charge in [0.1, 0.15) is 5.82 Å². The number of benzene rings is 2. The molecule has 3 aromatic rings. The number of nitro benzene ring substituents is 1. The number of piperazine rings is 1. The highest BCUT2D eigenvalue weighted by molar-refractivity contribution is 6.30. The number of amides is 4. The standard InChI is InChI=1S/C25H20FN7O5/c26-16-2-4-17(5-3-16)32-22(35)25(21(34)29-24(32)36)13-15-12-18(33(37)38)6-7-19(15)31-11-10-30(14-20(25)31)23-27-8-1-9-28-23/h1-9,12,20H,10-11,13-14H2,(H,29,34,36)/t20-,25+/m1/s1. The van der Waals surface area contributed by atoms with Crippen molar-refractivity contribution in [2.75, 3.05) is 34.3 Å². The van der Waals surface area contributed by atoms with Crippen molar-refractivity contribution in [1.29, 1.82) is 0 Å². The second kappa shape index (κ2) is 8.57. The van der Waals surface area contributed by atoms with Crippen LogP contribution >= 0.6 is 0 Å². The molecule has 2 aromatic carbocycles. The summed E-state index contributed by atoms with van der Waals surface area (Å²) in [6.45, 7) is 0.995. The number of fused-ring (bicyclic) bond motifs is 4. The maximum absolute atomic E-state index is 14.3. The van der Waals surface area contributed by atoms with Crippen LogP contribution in [0.1, 0.15) is 5.56 Å². The minimum Gasteiger partial charge on any atom is -0.363 e. The van der Waals surface area contributed by atoms with Crippen LogP contribution in [0, 0.1) is 21.3 Å². The Bertz CT molecular complexity index is 1490. The molecule has 3 aliphatic rings. The van der Waals surface area contributed by atoms with E-state index >= 15 is 0 Å². The van der Waals surface area contributed by atoms with E-state index in [0.29, 0.717) is 30.3 Å². The highest BCUT2D eigenvalue weighted by Crippen LogP contribution is 2.47. The van der Waals surface area contributed by atoms with Crippen molar-refractivity contribution in [3.05, 3.63) is 82.4 Å². The fraction of sp³-hybridized carbons (Fsp3) is 0.240. The molecule has 1 spiro atoms. The SMILES string of the molecule is O=C1NC(=O)[C@@]2(Cc3cc([N+](=O)[O-])ccc3N3CCN(c4ncccn4)C[C@@H]32)C(=O)N1c1ccc(F)cc1. The van der Waals surface area contributed by atoms with Gasteiger partial charge in [-0.2, -0.15) is 0 Å². The predicted molar refractivity (Wildman–Crippen MR) is 132 cm³/mol. The summed E-state index contributed by atoms with van der Waals surface area (Å²) in [5, 5.41) is 13.8. The van der Waals surface area contributed by atoms with Gasteiger partial charge in [0.25, 0.3) is 11.6 Å². The van der Waals surface area contributed by atoms with Crippen molar-refractivity contribution in [3.63, 3.8) is 0 Å². The monoisotopic (exact) mass is 517 g/mol. The number of nitrogens with one attached hydrogen (secondary N) is 1. The first kappa shape index (κ1) is 23.5. The lowest BCUT2D eigenvalue weighted by molar-refractivity contribution is -0.384. The van der Waals surface area contributed by atoms with Crippen molar-refractivity contribution in [3.8, 4) is 0 Å². The molecule has 1 N–H and O–H groups in total. The molecule has 0 bridgehead atoms. The Kier molecular flexibility index (Phi) is 5.29. The number of urea groups is 1. The molecule has 3 aliphatic heterocycles. The molecule has 4 amide bonds. The van der Waals surface area contributed by atoms with E-state index in [-0.39, 0.29) is 24.3 Å². The van der Waals surface area contributed by atoms with Crippen molar-refractivity contribution < 1.29 is 23.7 Å². The van der Waals surface area contributed by atoms with Gasteiger partial charge in [-0.25, -0.2) is 24.1 Å². The topological polar surface area (TPSA) is 142 Å². The molecule has 38 heavy (non-hydrogen) atoms. The lowest BCUT2D eigenvalue weighted by Gasteiger charge is -2.55. The largest absolute Gasteiger partial charge is 0.363 e. The minimum absolute atomic E-state index is 0.0937. The van der Waals surface area contributed by atoms with E-state index in [0.717, 1.165) is 17.0 Å². The van der Waals surface area contributed by atoms with Gasteiger partial charge in [0.2, 0.25) is 11.9 Å². The van der Waals surface area contributed by atoms with Crippen molar-refractivity contribution in [1.82, 2.24) is 15.3 Å². The van der Waals surface area contributed by atoms with Gasteiger partial charge in [-0.15, -0.1) is 0 Å². The average Bonchev–Trinajstić information content (AvgIpc) is 2.92. The van der Waals surface area contributed by atoms with Gasteiger partial charge in [0, 0.05) is 56.3 Å². The zero-order chi connectivity index (χ0) is 26.6. The molecule has 0 unspecified atom stereocenters. The molecular weight excluding hydrogens is 497 g/mol. The van der Waals surface area contributed by atoms with Crippen LogP contribution in [0.3, 0.4) is 0 Å². The van der Waals surface area contributed by atoms with Crippen molar-refractivity contribution in [2.45, 2.75) is 12.5 Å². The van der Waals surface area contributed by atoms with Crippen LogP contribution < -0.4 is 20.0 Å². The van der Waals surface area contributed by atoms with Gasteiger partial charge in [-0.3, -0.25) is 25.0 Å². The molecule has 192 valence electrons. The molecule has 0 aliphatic carbocycles. The molecule has 0 saturated carbocycles. The Morgan fingerprint density at radius 1 is 1.05 bits per heavy atom. The molecule has 1 aromatic heterocycles. The zero-order valence-electron chi connectivity index (χ0n) is 19.8. The third-order valence-corrected chi connectivity index (χ3v) is 7.34. The third-order valence-electron chi connectivity index (χ3n) is 7.34. The summed E-state index contributed by atoms with van der Waals surface area (Å²) < 4.78 is 13.6. The molecule has 13 heteroatoms. The smallest absolute Gasteiger partial charge is 0.335 e. The Labute approximate surface area is 214 Å². The number of imide groups is 2. The van der Waals surface area contributed by atoms with Gasteiger partial charge in [0.05, 0.1) is 16.7 Å². The summed E-state index contributed by atoms with van der Waals surface area (Å²) in [6, 6.07) is 9.11. The second-order valence-electron chi connectivity index (χ2n) is 9.30. The first-order valence-electron chi connectivity index (χ1n) is 11.8. The summed E-state index contributed by atoms with van der Waals surface area (Å²) in [5.74, 6) is -1.72. The molecular formula is C25H20FN7O5. The molecule has 2 fully saturated rings. The number of carbonyl (C=O) groups is 3. The molecule has 6 rings (SSSR count). The van der Waals surface area contributed by atoms with E-state index in [1.165, 1.54) is 24.3 Å². The number of non-ortho nitro benzene ring substituents is 1. The van der Waals surface area contributed by atoms with Crippen LogP contribution in [-0.2, 0) is 16.0 Å². The maximum Gasteiger partial charge on any atom is 0.335 e. The van der Waals surface area contributed by atoms with E-state index in [4.69, 9.17) is 0 Å². The van der Waals surface area contributed by atoms with Crippen LogP contribution in [0.4, 0.5) is 32.2 Å². The number of hydrogen-bond acceptors (Lipinski definition) is 9. The number of carbonyl (C=O) groups excluding carboxylic acids is 3. The van der Waals surface area contributed by atoms with Crippen molar-refractivity contribution in [2.24, 2.45) is 5.41 Å². The van der Waals surface area contributed by atoms with E-state index in [2.05, 4.69) is 15.3 Å². The number of hydrogen-bond donors (Lipinski definition) is 1. The summed E-state index contributed by atoms with van der Waals surface area (Å²) in [4.78, 5) is 65.0. The number of halogens is 1. The highest BCUT2D eigenvalue weighted by Gasteiger charge is 2.63. The van der Waals surface area contributed by atoms with Crippen LogP contribution in [-0.4, -0.2) is 58.4 Å². The number of anilines is 3. The third kappa shape index (κ3) is 3.46. The van der Waals surface area contributed by atoms with E-state index in [9.17, 15) is 28.9 Å². The fourth-order valence-corrected chi connectivity index (χ4v) is 5.58. The van der Waals surface area contributed by atoms with Gasteiger partial charge in [-0.1, -0.05) is 0 Å². The number of nitrogens with zero attached hydrogens (tertiary/aromatic N) is 6. The molecule has 12 nitrogen and oxygen atoms in total. The normalized spacial score (nSPS) is 22.7. The Morgan fingerprint density at radius 3 is 2.50 bits per heavy atom. The number of rotatable bonds is 3. The number of aromatic nitrogens is 2. The van der Waals surface area contributed by atoms with Gasteiger partial charge >= 0.3 is 6.03 Å². The summed E-state index contributed by atoms with van der Waals surface area (Å²) in [5.41, 5.74) is -0.791. The molecule has 4 heterocycles. The van der Waals surface area contributed by atoms with E-state index in [1.807, 2.05) is 9.80 Å². The van der Waals surface area contributed by atoms with Gasteiger partial charge in [-0.05, 0) is 42.0 Å². The predicted octanol–water partition coefficient (Wildman–Crippen LogP) is 2.04. The first-order valence-corrected chi connectivity index (χ1v) is 11.8. The van der Waals surface area contributed by atoms with Crippen LogP contribution in [0.25, 0.3) is 0 Å². The lowest BCUT2D eigenvalue weighted by Crippen LogP contribution is -2.75. The molecule has 0 radical (unpaired) electrons. The van der Waals surface area contributed by atoms with E-state index in [1.54, 1.807) is 24.5 Å². The Balaban J connectivity index is 1.50. The van der Waals surface area contributed by atoms with Gasteiger partial charge < -0.3 is 9.80 Å². The van der Waals surface area contributed by atoms with E-state index < -0.39 is 40.0 Å². The summed E-state index contributed by atoms with van der Waals surface area (Å²) >= 11 is 0. The highest BCUT2D eigenvalue weighted by atomic mass is 19.1. The fourth-order valence-electron chi connectivity index (χ4n) is 5.58. The van der Waals surface area contributed by atoms with Crippen molar-refractivity contribution >= 4 is 40.9 Å². The zero-order valence-corrected chi connectivity index (χ0v) is 19.8. The number of barbiturate groups is 1. The molecule has 2 saturated heterocycles. The van der Waals surface area contributed by atoms with Gasteiger partial charge in [0.15, 0.2) is 5.41 Å². The summed E-state index contributed by atoms with van der Waals surface area (Å²) in [7, 11) is 0. The lowest BCUT2D eigenvalue weighted by atomic mass is 9.67. The average molecular weight is 517 g/mol. The Morgan fingerprint density at radius 2 is 1.79 bits per heavy atom. The van der Waals surface area contributed by atoms with Crippen LogP contribution in [0.15, 0.2) is 60.9 Å². The second-order valence-corrected chi connectivity index (χ2v) is 9.30. The summed E-state index contributed by atoms with van der Waals surface area (Å²) in [6.07, 6.45) is 3.00. The maximum atomic E-state index is 14.3. The van der Waals surface area contributed by atoms with Crippen LogP contribution in [0.2, 0.25) is 0 Å². The minimum atomic E-state index is -1.82. The Hall–Kier alpha value is -4.94. The molecule has 2 atom stereocenters.